The summed E-state index contributed by atoms with van der Waals surface area (Å²) in [5.74, 6) is -1.46. The second-order valence-electron chi connectivity index (χ2n) is 3.86. The van der Waals surface area contributed by atoms with Crippen molar-refractivity contribution in [3.05, 3.63) is 60.4 Å². The molecule has 0 unspecified atom stereocenters. The van der Waals surface area contributed by atoms with Crippen molar-refractivity contribution in [3.8, 4) is 0 Å². The Hall–Kier alpha value is -2.69. The average molecular weight is 256 g/mol. The van der Waals surface area contributed by atoms with Crippen LogP contribution in [0.2, 0.25) is 0 Å². The molecule has 0 aliphatic heterocycles. The Morgan fingerprint density at radius 3 is 2.42 bits per heavy atom. The normalized spacial score (nSPS) is 9.89. The molecule has 1 aromatic heterocycles. The molecular formula is C14H12N2O3. The van der Waals surface area contributed by atoms with E-state index in [0.29, 0.717) is 11.3 Å². The summed E-state index contributed by atoms with van der Waals surface area (Å²) < 4.78 is 0. The third-order valence-electron chi connectivity index (χ3n) is 2.51. The second kappa shape index (κ2) is 5.77. The van der Waals surface area contributed by atoms with Crippen molar-refractivity contribution in [2.24, 2.45) is 0 Å². The molecule has 0 fully saturated rings. The van der Waals surface area contributed by atoms with E-state index >= 15 is 0 Å². The van der Waals surface area contributed by atoms with E-state index < -0.39 is 12.5 Å². The molecule has 1 heterocycles. The van der Waals surface area contributed by atoms with Crippen LogP contribution in [0, 0.1) is 0 Å². The molecule has 0 spiro atoms. The summed E-state index contributed by atoms with van der Waals surface area (Å²) in [5, 5.41) is 8.93. The molecule has 0 radical (unpaired) electrons. The van der Waals surface area contributed by atoms with Crippen LogP contribution in [0.15, 0.2) is 54.9 Å². The number of hydrogen-bond acceptors (Lipinski definition) is 3. The van der Waals surface area contributed by atoms with Crippen molar-refractivity contribution in [1.29, 1.82) is 0 Å². The molecule has 5 heteroatoms. The molecule has 0 bridgehead atoms. The fourth-order valence-corrected chi connectivity index (χ4v) is 1.67. The van der Waals surface area contributed by atoms with Gasteiger partial charge in [0, 0.05) is 18.1 Å². The molecule has 0 atom stereocenters. The van der Waals surface area contributed by atoms with Crippen LogP contribution in [0.1, 0.15) is 10.4 Å². The van der Waals surface area contributed by atoms with Gasteiger partial charge in [-0.05, 0) is 24.3 Å². The Labute approximate surface area is 110 Å². The molecule has 2 aromatic rings. The first-order valence-corrected chi connectivity index (χ1v) is 5.67. The van der Waals surface area contributed by atoms with Gasteiger partial charge in [0.25, 0.3) is 5.91 Å². The minimum Gasteiger partial charge on any atom is -0.480 e. The molecule has 0 saturated carbocycles. The van der Waals surface area contributed by atoms with Crippen LogP contribution < -0.4 is 4.90 Å². The van der Waals surface area contributed by atoms with Gasteiger partial charge in [-0.25, -0.2) is 0 Å². The molecule has 96 valence electrons. The van der Waals surface area contributed by atoms with Gasteiger partial charge in [-0.15, -0.1) is 0 Å². The lowest BCUT2D eigenvalue weighted by Crippen LogP contribution is -2.35. The summed E-state index contributed by atoms with van der Waals surface area (Å²) in [6, 6.07) is 11.9. The van der Waals surface area contributed by atoms with Gasteiger partial charge in [-0.3, -0.25) is 19.5 Å². The minimum atomic E-state index is -1.07. The van der Waals surface area contributed by atoms with Crippen molar-refractivity contribution >= 4 is 17.6 Å². The highest BCUT2D eigenvalue weighted by atomic mass is 16.4. The number of carboxylic acids is 1. The first kappa shape index (κ1) is 12.8. The number of anilines is 1. The second-order valence-corrected chi connectivity index (χ2v) is 3.86. The number of amides is 1. The highest BCUT2D eigenvalue weighted by Crippen LogP contribution is 2.16. The van der Waals surface area contributed by atoms with Crippen molar-refractivity contribution in [3.63, 3.8) is 0 Å². The molecule has 5 nitrogen and oxygen atoms in total. The van der Waals surface area contributed by atoms with E-state index in [1.807, 2.05) is 0 Å². The fraction of sp³-hybridized carbons (Fsp3) is 0.0714. The smallest absolute Gasteiger partial charge is 0.323 e. The highest BCUT2D eigenvalue weighted by molar-refractivity contribution is 6.07. The number of carbonyl (C=O) groups is 2. The van der Waals surface area contributed by atoms with Gasteiger partial charge in [0.2, 0.25) is 0 Å². The lowest BCUT2D eigenvalue weighted by molar-refractivity contribution is -0.135. The first-order chi connectivity index (χ1) is 9.18. The Morgan fingerprint density at radius 1 is 1.11 bits per heavy atom. The molecule has 0 saturated heterocycles. The van der Waals surface area contributed by atoms with Crippen LogP contribution in [0.4, 0.5) is 5.69 Å². The quantitative estimate of drug-likeness (QED) is 0.905. The SMILES string of the molecule is O=C(O)CN(C(=O)c1cccnc1)c1ccccc1. The molecule has 19 heavy (non-hydrogen) atoms. The van der Waals surface area contributed by atoms with Gasteiger partial charge in [0.15, 0.2) is 0 Å². The van der Waals surface area contributed by atoms with Gasteiger partial charge in [0.1, 0.15) is 6.54 Å². The summed E-state index contributed by atoms with van der Waals surface area (Å²) in [5.41, 5.74) is 0.895. The largest absolute Gasteiger partial charge is 0.480 e. The predicted octanol–water partition coefficient (Wildman–Crippen LogP) is 1.81. The number of para-hydroxylation sites is 1. The summed E-state index contributed by atoms with van der Waals surface area (Å²) in [4.78, 5) is 28.3. The van der Waals surface area contributed by atoms with Gasteiger partial charge >= 0.3 is 5.97 Å². The zero-order valence-corrected chi connectivity index (χ0v) is 10.1. The van der Waals surface area contributed by atoms with Gasteiger partial charge in [-0.2, -0.15) is 0 Å². The van der Waals surface area contributed by atoms with E-state index in [4.69, 9.17) is 5.11 Å². The number of hydrogen-bond donors (Lipinski definition) is 1. The van der Waals surface area contributed by atoms with E-state index in [-0.39, 0.29) is 5.91 Å². The Morgan fingerprint density at radius 2 is 1.84 bits per heavy atom. The number of carbonyl (C=O) groups excluding carboxylic acids is 1. The zero-order valence-electron chi connectivity index (χ0n) is 10.1. The predicted molar refractivity (Wildman–Crippen MR) is 70.0 cm³/mol. The van der Waals surface area contributed by atoms with Gasteiger partial charge in [-0.1, -0.05) is 18.2 Å². The van der Waals surface area contributed by atoms with E-state index in [1.54, 1.807) is 48.7 Å². The number of rotatable bonds is 4. The third-order valence-corrected chi connectivity index (χ3v) is 2.51. The molecule has 1 N–H and O–H groups in total. The molecule has 0 aliphatic carbocycles. The van der Waals surface area contributed by atoms with Crippen molar-refractivity contribution in [2.75, 3.05) is 11.4 Å². The molecular weight excluding hydrogens is 244 g/mol. The van der Waals surface area contributed by atoms with E-state index in [9.17, 15) is 9.59 Å². The number of pyridine rings is 1. The Balaban J connectivity index is 2.33. The average Bonchev–Trinajstić information content (AvgIpc) is 2.46. The third kappa shape index (κ3) is 3.16. The van der Waals surface area contributed by atoms with E-state index in [2.05, 4.69) is 4.98 Å². The van der Waals surface area contributed by atoms with Gasteiger partial charge < -0.3 is 5.11 Å². The topological polar surface area (TPSA) is 70.5 Å². The van der Waals surface area contributed by atoms with Crippen molar-refractivity contribution < 1.29 is 14.7 Å². The van der Waals surface area contributed by atoms with Crippen LogP contribution in [0.25, 0.3) is 0 Å². The maximum atomic E-state index is 12.3. The number of aliphatic carboxylic acids is 1. The zero-order chi connectivity index (χ0) is 13.7. The maximum absolute atomic E-state index is 12.3. The lowest BCUT2D eigenvalue weighted by atomic mass is 10.2. The lowest BCUT2D eigenvalue weighted by Gasteiger charge is -2.20. The number of aromatic nitrogens is 1. The number of carboxylic acid groups (broad SMARTS) is 1. The van der Waals surface area contributed by atoms with Crippen LogP contribution in [0.5, 0.6) is 0 Å². The van der Waals surface area contributed by atoms with Crippen LogP contribution >= 0.6 is 0 Å². The molecule has 0 aliphatic rings. The number of nitrogens with zero attached hydrogens (tertiary/aromatic N) is 2. The van der Waals surface area contributed by atoms with Crippen LogP contribution in [0.3, 0.4) is 0 Å². The van der Waals surface area contributed by atoms with E-state index in [0.717, 1.165) is 0 Å². The van der Waals surface area contributed by atoms with Crippen molar-refractivity contribution in [1.82, 2.24) is 4.98 Å². The van der Waals surface area contributed by atoms with E-state index in [1.165, 1.54) is 11.1 Å². The standard InChI is InChI=1S/C14H12N2O3/c17-13(18)10-16(12-6-2-1-3-7-12)14(19)11-5-4-8-15-9-11/h1-9H,10H2,(H,17,18). The monoisotopic (exact) mass is 256 g/mol. The molecule has 1 aromatic carbocycles. The molecule has 1 amide bonds. The summed E-state index contributed by atoms with van der Waals surface area (Å²) in [7, 11) is 0. The van der Waals surface area contributed by atoms with Crippen molar-refractivity contribution in [2.45, 2.75) is 0 Å². The van der Waals surface area contributed by atoms with Crippen LogP contribution in [-0.2, 0) is 4.79 Å². The Bertz CT molecular complexity index is 570. The maximum Gasteiger partial charge on any atom is 0.323 e. The number of benzene rings is 1. The summed E-state index contributed by atoms with van der Waals surface area (Å²) >= 11 is 0. The van der Waals surface area contributed by atoms with Crippen LogP contribution in [-0.4, -0.2) is 28.5 Å². The Kier molecular flexibility index (Phi) is 3.87. The van der Waals surface area contributed by atoms with Gasteiger partial charge in [0.05, 0.1) is 5.56 Å². The summed E-state index contributed by atoms with van der Waals surface area (Å²) in [6.07, 6.45) is 2.97. The first-order valence-electron chi connectivity index (χ1n) is 5.67. The minimum absolute atomic E-state index is 0.354. The molecule has 2 rings (SSSR count). The highest BCUT2D eigenvalue weighted by Gasteiger charge is 2.20. The fourth-order valence-electron chi connectivity index (χ4n) is 1.67. The summed E-state index contributed by atoms with van der Waals surface area (Å²) in [6.45, 7) is -0.391.